The average Bonchev–Trinajstić information content (AvgIpc) is 3.39. The molecular weight excluding hydrogens is 446 g/mol. The van der Waals surface area contributed by atoms with E-state index in [9.17, 15) is 9.59 Å². The van der Waals surface area contributed by atoms with Crippen LogP contribution in [0.2, 0.25) is 5.02 Å². The standard InChI is InChI=1S/C23H20ClN5O2S/c1-13-2-4-15(10-16(13)24)22-21(23(25)31)18-11-28(6-7-29(18)27-22)20(30)9-14-3-5-17-19(8-14)32-12-26-17/h2-5,8,10,12H,6-7,9,11H2,1H3,(H2,25,31). The SMILES string of the molecule is Cc1ccc(-c2nn3c(c2C(N)=O)CN(C(=O)Cc2ccc4ncsc4c2)CC3)cc1Cl. The fraction of sp³-hybridized carbons (Fsp3) is 0.217. The summed E-state index contributed by atoms with van der Waals surface area (Å²) >= 11 is 7.84. The Bertz CT molecular complexity index is 1380. The average molecular weight is 466 g/mol. The van der Waals surface area contributed by atoms with Crippen molar-refractivity contribution in [3.05, 3.63) is 69.3 Å². The maximum absolute atomic E-state index is 13.0. The molecule has 32 heavy (non-hydrogen) atoms. The molecule has 2 N–H and O–H groups in total. The van der Waals surface area contributed by atoms with Gasteiger partial charge in [-0.15, -0.1) is 11.3 Å². The molecule has 2 aromatic carbocycles. The van der Waals surface area contributed by atoms with Crippen LogP contribution >= 0.6 is 22.9 Å². The Kier molecular flexibility index (Phi) is 5.19. The van der Waals surface area contributed by atoms with Gasteiger partial charge in [-0.1, -0.05) is 29.8 Å². The molecule has 0 radical (unpaired) electrons. The van der Waals surface area contributed by atoms with Gasteiger partial charge in [0, 0.05) is 17.1 Å². The minimum atomic E-state index is -0.567. The third-order valence-corrected chi connectivity index (χ3v) is 6.97. The number of thiazole rings is 1. The number of hydrogen-bond acceptors (Lipinski definition) is 5. The second-order valence-electron chi connectivity index (χ2n) is 7.87. The van der Waals surface area contributed by atoms with Crippen LogP contribution in [-0.2, 0) is 24.3 Å². The van der Waals surface area contributed by atoms with E-state index in [1.165, 1.54) is 0 Å². The van der Waals surface area contributed by atoms with Crippen molar-refractivity contribution >= 4 is 45.0 Å². The lowest BCUT2D eigenvalue weighted by Crippen LogP contribution is -2.40. The van der Waals surface area contributed by atoms with Gasteiger partial charge >= 0.3 is 0 Å². The molecule has 7 nitrogen and oxygen atoms in total. The monoisotopic (exact) mass is 465 g/mol. The number of aromatic nitrogens is 3. The van der Waals surface area contributed by atoms with Crippen LogP contribution in [0.25, 0.3) is 21.5 Å². The third kappa shape index (κ3) is 3.65. The van der Waals surface area contributed by atoms with Crippen molar-refractivity contribution in [2.45, 2.75) is 26.4 Å². The molecule has 0 saturated carbocycles. The highest BCUT2D eigenvalue weighted by Gasteiger charge is 2.29. The van der Waals surface area contributed by atoms with Crippen molar-refractivity contribution in [3.8, 4) is 11.3 Å². The summed E-state index contributed by atoms with van der Waals surface area (Å²) in [7, 11) is 0. The maximum Gasteiger partial charge on any atom is 0.252 e. The molecule has 2 aromatic heterocycles. The van der Waals surface area contributed by atoms with Gasteiger partial charge in [-0.3, -0.25) is 14.3 Å². The molecule has 0 atom stereocenters. The van der Waals surface area contributed by atoms with E-state index in [-0.39, 0.29) is 18.9 Å². The molecule has 0 unspecified atom stereocenters. The predicted octanol–water partition coefficient (Wildman–Crippen LogP) is 3.81. The predicted molar refractivity (Wildman–Crippen MR) is 125 cm³/mol. The highest BCUT2D eigenvalue weighted by molar-refractivity contribution is 7.16. The number of primary amides is 1. The number of rotatable bonds is 4. The molecular formula is C23H20ClN5O2S. The summed E-state index contributed by atoms with van der Waals surface area (Å²) in [5.41, 5.74) is 12.6. The summed E-state index contributed by atoms with van der Waals surface area (Å²) in [6.45, 7) is 3.21. The molecule has 3 heterocycles. The Morgan fingerprint density at radius 1 is 1.19 bits per heavy atom. The Morgan fingerprint density at radius 3 is 2.81 bits per heavy atom. The van der Waals surface area contributed by atoms with E-state index in [1.54, 1.807) is 32.5 Å². The highest BCUT2D eigenvalue weighted by Crippen LogP contribution is 2.31. The molecule has 4 aromatic rings. The Hall–Kier alpha value is -3.23. The zero-order valence-corrected chi connectivity index (χ0v) is 18.9. The first-order valence-corrected chi connectivity index (χ1v) is 11.4. The van der Waals surface area contributed by atoms with E-state index in [0.717, 1.165) is 26.9 Å². The molecule has 9 heteroatoms. The van der Waals surface area contributed by atoms with Crippen molar-refractivity contribution in [1.82, 2.24) is 19.7 Å². The van der Waals surface area contributed by atoms with Crippen molar-refractivity contribution in [1.29, 1.82) is 0 Å². The first-order valence-electron chi connectivity index (χ1n) is 10.2. The van der Waals surface area contributed by atoms with Crippen LogP contribution in [0.15, 0.2) is 41.9 Å². The second-order valence-corrected chi connectivity index (χ2v) is 9.16. The van der Waals surface area contributed by atoms with Crippen LogP contribution in [0, 0.1) is 6.92 Å². The smallest absolute Gasteiger partial charge is 0.252 e. The van der Waals surface area contributed by atoms with Gasteiger partial charge < -0.3 is 10.6 Å². The first-order chi connectivity index (χ1) is 15.4. The summed E-state index contributed by atoms with van der Waals surface area (Å²) in [6, 6.07) is 11.4. The lowest BCUT2D eigenvalue weighted by molar-refractivity contribution is -0.132. The molecule has 162 valence electrons. The van der Waals surface area contributed by atoms with Gasteiger partial charge in [-0.2, -0.15) is 5.10 Å². The number of nitrogens with two attached hydrogens (primary N) is 1. The minimum absolute atomic E-state index is 0.00309. The summed E-state index contributed by atoms with van der Waals surface area (Å²) in [5, 5.41) is 5.23. The number of amides is 2. The number of aryl methyl sites for hydroxylation is 1. The summed E-state index contributed by atoms with van der Waals surface area (Å²) < 4.78 is 2.83. The van der Waals surface area contributed by atoms with Crippen LogP contribution in [-0.4, -0.2) is 38.0 Å². The van der Waals surface area contributed by atoms with Crippen molar-refractivity contribution in [2.75, 3.05) is 6.54 Å². The topological polar surface area (TPSA) is 94.1 Å². The van der Waals surface area contributed by atoms with Crippen molar-refractivity contribution < 1.29 is 9.59 Å². The van der Waals surface area contributed by atoms with E-state index in [0.29, 0.717) is 35.1 Å². The van der Waals surface area contributed by atoms with Gasteiger partial charge in [0.25, 0.3) is 5.91 Å². The fourth-order valence-electron chi connectivity index (χ4n) is 4.03. The maximum atomic E-state index is 13.0. The largest absolute Gasteiger partial charge is 0.365 e. The molecule has 0 aliphatic carbocycles. The molecule has 0 fully saturated rings. The van der Waals surface area contributed by atoms with Crippen LogP contribution in [0.5, 0.6) is 0 Å². The van der Waals surface area contributed by atoms with E-state index < -0.39 is 5.91 Å². The molecule has 2 amide bonds. The zero-order chi connectivity index (χ0) is 22.4. The normalized spacial score (nSPS) is 13.4. The summed E-state index contributed by atoms with van der Waals surface area (Å²) in [6.07, 6.45) is 0.286. The number of nitrogens with zero attached hydrogens (tertiary/aromatic N) is 4. The van der Waals surface area contributed by atoms with E-state index in [2.05, 4.69) is 10.1 Å². The molecule has 1 aliphatic heterocycles. The quantitative estimate of drug-likeness (QED) is 0.496. The molecule has 0 saturated heterocycles. The molecule has 0 bridgehead atoms. The number of carbonyl (C=O) groups excluding carboxylic acids is 2. The summed E-state index contributed by atoms with van der Waals surface area (Å²) in [4.78, 5) is 31.5. The summed E-state index contributed by atoms with van der Waals surface area (Å²) in [5.74, 6) is -0.570. The van der Waals surface area contributed by atoms with E-state index >= 15 is 0 Å². The number of fused-ring (bicyclic) bond motifs is 2. The van der Waals surface area contributed by atoms with Crippen molar-refractivity contribution in [2.24, 2.45) is 5.73 Å². The van der Waals surface area contributed by atoms with Gasteiger partial charge in [0.1, 0.15) is 5.69 Å². The van der Waals surface area contributed by atoms with E-state index in [4.69, 9.17) is 17.3 Å². The lowest BCUT2D eigenvalue weighted by Gasteiger charge is -2.28. The Labute approximate surface area is 193 Å². The third-order valence-electron chi connectivity index (χ3n) is 5.78. The number of hydrogen-bond donors (Lipinski definition) is 1. The molecule has 0 spiro atoms. The van der Waals surface area contributed by atoms with Gasteiger partial charge in [0.05, 0.1) is 46.5 Å². The molecule has 1 aliphatic rings. The minimum Gasteiger partial charge on any atom is -0.365 e. The Morgan fingerprint density at radius 2 is 2.03 bits per heavy atom. The number of benzene rings is 2. The van der Waals surface area contributed by atoms with Crippen LogP contribution < -0.4 is 5.73 Å². The lowest BCUT2D eigenvalue weighted by atomic mass is 10.0. The van der Waals surface area contributed by atoms with Crippen LogP contribution in [0.4, 0.5) is 0 Å². The molecule has 5 rings (SSSR count). The Balaban J connectivity index is 1.43. The van der Waals surface area contributed by atoms with Crippen LogP contribution in [0.3, 0.4) is 0 Å². The fourth-order valence-corrected chi connectivity index (χ4v) is 4.95. The zero-order valence-electron chi connectivity index (χ0n) is 17.3. The van der Waals surface area contributed by atoms with E-state index in [1.807, 2.05) is 37.3 Å². The highest BCUT2D eigenvalue weighted by atomic mass is 35.5. The van der Waals surface area contributed by atoms with Gasteiger partial charge in [-0.05, 0) is 36.2 Å². The van der Waals surface area contributed by atoms with Gasteiger partial charge in [-0.25, -0.2) is 4.98 Å². The van der Waals surface area contributed by atoms with Gasteiger partial charge in [0.15, 0.2) is 0 Å². The van der Waals surface area contributed by atoms with Crippen molar-refractivity contribution in [3.63, 3.8) is 0 Å². The second kappa shape index (κ2) is 8.03. The number of halogens is 1. The van der Waals surface area contributed by atoms with Gasteiger partial charge in [0.2, 0.25) is 5.91 Å². The number of carbonyl (C=O) groups is 2. The first kappa shape index (κ1) is 20.7. The van der Waals surface area contributed by atoms with Crippen LogP contribution in [0.1, 0.15) is 27.2 Å².